The molecule has 7 nitrogen and oxygen atoms in total. The average molecular weight is 369 g/mol. The summed E-state index contributed by atoms with van der Waals surface area (Å²) in [5.41, 5.74) is -0.246. The van der Waals surface area contributed by atoms with Gasteiger partial charge in [0, 0.05) is 6.92 Å². The van der Waals surface area contributed by atoms with Crippen molar-refractivity contribution in [3.8, 4) is 6.07 Å². The van der Waals surface area contributed by atoms with Crippen LogP contribution in [0.15, 0.2) is 36.0 Å². The lowest BCUT2D eigenvalue weighted by atomic mass is 9.83. The van der Waals surface area contributed by atoms with E-state index >= 15 is 0 Å². The van der Waals surface area contributed by atoms with Crippen LogP contribution in [0.2, 0.25) is 0 Å². The number of benzene rings is 1. The highest BCUT2D eigenvalue weighted by Crippen LogP contribution is 2.27. The molecule has 7 heteroatoms. The second kappa shape index (κ2) is 9.53. The fraction of sp³-hybridized carbons (Fsp3) is 0.400. The van der Waals surface area contributed by atoms with E-state index in [9.17, 15) is 19.6 Å². The molecule has 0 radical (unpaired) electrons. The average Bonchev–Trinajstić information content (AvgIpc) is 2.67. The number of nitriles is 1. The summed E-state index contributed by atoms with van der Waals surface area (Å²) in [5.74, 6) is -1.78. The second-order valence-corrected chi connectivity index (χ2v) is 6.53. The largest absolute Gasteiger partial charge is 0.451 e. The molecule has 27 heavy (non-hydrogen) atoms. The Bertz CT molecular complexity index is 759. The summed E-state index contributed by atoms with van der Waals surface area (Å²) >= 11 is 0. The zero-order valence-electron chi connectivity index (χ0n) is 15.3. The summed E-state index contributed by atoms with van der Waals surface area (Å²) in [6, 6.07) is 11.1. The number of nitrogens with zero attached hydrogens (tertiary/aromatic N) is 1. The second-order valence-electron chi connectivity index (χ2n) is 6.53. The van der Waals surface area contributed by atoms with E-state index in [-0.39, 0.29) is 5.70 Å². The van der Waals surface area contributed by atoms with Crippen molar-refractivity contribution in [3.63, 3.8) is 0 Å². The maximum absolute atomic E-state index is 12.3. The summed E-state index contributed by atoms with van der Waals surface area (Å²) in [4.78, 5) is 35.8. The summed E-state index contributed by atoms with van der Waals surface area (Å²) < 4.78 is 5.03. The van der Waals surface area contributed by atoms with Gasteiger partial charge in [0.2, 0.25) is 5.91 Å². The lowest BCUT2D eigenvalue weighted by Crippen LogP contribution is -2.50. The van der Waals surface area contributed by atoms with Crippen LogP contribution < -0.4 is 10.6 Å². The fourth-order valence-electron chi connectivity index (χ4n) is 2.98. The van der Waals surface area contributed by atoms with Gasteiger partial charge in [-0.15, -0.1) is 0 Å². The SMILES string of the molecule is CC(=O)NC(=Cc1ccccc1)C(=O)OCC(=O)NC1(C#N)CCCCC1. The number of carbonyl (C=O) groups excluding carboxylic acids is 3. The van der Waals surface area contributed by atoms with Crippen LogP contribution >= 0.6 is 0 Å². The third kappa shape index (κ3) is 6.26. The fourth-order valence-corrected chi connectivity index (χ4v) is 2.98. The number of rotatable bonds is 6. The standard InChI is InChI=1S/C20H23N3O4/c1-15(24)22-17(12-16-8-4-2-5-9-16)19(26)27-13-18(25)23-20(14-21)10-6-3-7-11-20/h2,4-5,8-9,12H,3,6-7,10-11,13H2,1H3,(H,22,24)(H,23,25). The molecule has 0 heterocycles. The molecule has 1 aromatic carbocycles. The maximum atomic E-state index is 12.3. The van der Waals surface area contributed by atoms with Gasteiger partial charge in [0.05, 0.1) is 6.07 Å². The van der Waals surface area contributed by atoms with Gasteiger partial charge in [-0.1, -0.05) is 49.6 Å². The Kier molecular flexibility index (Phi) is 7.12. The van der Waals surface area contributed by atoms with Crippen molar-refractivity contribution in [1.29, 1.82) is 5.26 Å². The highest BCUT2D eigenvalue weighted by molar-refractivity contribution is 5.98. The van der Waals surface area contributed by atoms with Crippen LogP contribution in [0.1, 0.15) is 44.6 Å². The molecule has 2 N–H and O–H groups in total. The molecule has 1 aliphatic carbocycles. The Morgan fingerprint density at radius 3 is 2.44 bits per heavy atom. The predicted octanol–water partition coefficient (Wildman–Crippen LogP) is 2.05. The molecular formula is C20H23N3O4. The van der Waals surface area contributed by atoms with Gasteiger partial charge < -0.3 is 15.4 Å². The number of amides is 2. The molecule has 1 aromatic rings. The van der Waals surface area contributed by atoms with Crippen molar-refractivity contribution >= 4 is 23.9 Å². The maximum Gasteiger partial charge on any atom is 0.355 e. The molecule has 0 spiro atoms. The topological polar surface area (TPSA) is 108 Å². The molecule has 2 amide bonds. The smallest absolute Gasteiger partial charge is 0.355 e. The minimum atomic E-state index is -0.887. The number of esters is 1. The van der Waals surface area contributed by atoms with Crippen molar-refractivity contribution in [2.24, 2.45) is 0 Å². The van der Waals surface area contributed by atoms with Gasteiger partial charge in [-0.3, -0.25) is 9.59 Å². The molecule has 0 saturated heterocycles. The van der Waals surface area contributed by atoms with Crippen molar-refractivity contribution < 1.29 is 19.1 Å². The Hall–Kier alpha value is -3.14. The molecule has 1 saturated carbocycles. The van der Waals surface area contributed by atoms with Gasteiger partial charge >= 0.3 is 5.97 Å². The zero-order chi connectivity index (χ0) is 19.7. The molecule has 1 fully saturated rings. The number of nitrogens with one attached hydrogen (secondary N) is 2. The minimum absolute atomic E-state index is 0.0610. The number of hydrogen-bond acceptors (Lipinski definition) is 5. The summed E-state index contributed by atoms with van der Waals surface area (Å²) in [5, 5.41) is 14.5. The van der Waals surface area contributed by atoms with Crippen molar-refractivity contribution in [1.82, 2.24) is 10.6 Å². The molecule has 0 aromatic heterocycles. The molecule has 0 bridgehead atoms. The van der Waals surface area contributed by atoms with Crippen LogP contribution in [0, 0.1) is 11.3 Å². The van der Waals surface area contributed by atoms with E-state index in [1.165, 1.54) is 13.0 Å². The third-order valence-corrected chi connectivity index (χ3v) is 4.28. The predicted molar refractivity (Wildman–Crippen MR) is 98.8 cm³/mol. The molecule has 0 atom stereocenters. The summed E-state index contributed by atoms with van der Waals surface area (Å²) in [6.07, 6.45) is 5.45. The van der Waals surface area contributed by atoms with Crippen LogP contribution in [0.25, 0.3) is 6.08 Å². The van der Waals surface area contributed by atoms with E-state index < -0.39 is 29.9 Å². The van der Waals surface area contributed by atoms with Crippen LogP contribution in [-0.4, -0.2) is 29.9 Å². The number of carbonyl (C=O) groups is 3. The van der Waals surface area contributed by atoms with Gasteiger partial charge in [0.15, 0.2) is 6.61 Å². The number of ether oxygens (including phenoxy) is 1. The van der Waals surface area contributed by atoms with Gasteiger partial charge in [-0.05, 0) is 24.5 Å². The highest BCUT2D eigenvalue weighted by atomic mass is 16.5. The van der Waals surface area contributed by atoms with Gasteiger partial charge in [0.1, 0.15) is 11.2 Å². The van der Waals surface area contributed by atoms with Crippen LogP contribution in [0.4, 0.5) is 0 Å². The molecule has 142 valence electrons. The Morgan fingerprint density at radius 1 is 1.19 bits per heavy atom. The molecule has 2 rings (SSSR count). The van der Waals surface area contributed by atoms with E-state index in [2.05, 4.69) is 16.7 Å². The third-order valence-electron chi connectivity index (χ3n) is 4.28. The van der Waals surface area contributed by atoms with E-state index in [1.807, 2.05) is 6.07 Å². The molecule has 1 aliphatic rings. The Balaban J connectivity index is 1.98. The van der Waals surface area contributed by atoms with Crippen molar-refractivity contribution in [3.05, 3.63) is 41.6 Å². The lowest BCUT2D eigenvalue weighted by molar-refractivity contribution is -0.146. The van der Waals surface area contributed by atoms with Crippen molar-refractivity contribution in [2.45, 2.75) is 44.6 Å². The molecule has 0 aliphatic heterocycles. The van der Waals surface area contributed by atoms with E-state index in [1.54, 1.807) is 24.3 Å². The summed E-state index contributed by atoms with van der Waals surface area (Å²) in [7, 11) is 0. The Labute approximate surface area is 158 Å². The molecule has 0 unspecified atom stereocenters. The molecular weight excluding hydrogens is 346 g/mol. The zero-order valence-corrected chi connectivity index (χ0v) is 15.3. The van der Waals surface area contributed by atoms with Crippen LogP contribution in [-0.2, 0) is 19.1 Å². The van der Waals surface area contributed by atoms with Crippen LogP contribution in [0.3, 0.4) is 0 Å². The summed E-state index contributed by atoms with van der Waals surface area (Å²) in [6.45, 7) is 0.756. The quantitative estimate of drug-likeness (QED) is 0.589. The number of hydrogen-bond donors (Lipinski definition) is 2. The highest BCUT2D eigenvalue weighted by Gasteiger charge is 2.33. The first-order valence-electron chi connectivity index (χ1n) is 8.88. The first-order chi connectivity index (χ1) is 12.9. The lowest BCUT2D eigenvalue weighted by Gasteiger charge is -2.31. The van der Waals surface area contributed by atoms with Gasteiger partial charge in [0.25, 0.3) is 5.91 Å². The monoisotopic (exact) mass is 369 g/mol. The van der Waals surface area contributed by atoms with E-state index in [4.69, 9.17) is 4.74 Å². The first-order valence-corrected chi connectivity index (χ1v) is 8.88. The normalized spacial score (nSPS) is 15.9. The Morgan fingerprint density at radius 2 is 1.85 bits per heavy atom. The minimum Gasteiger partial charge on any atom is -0.451 e. The van der Waals surface area contributed by atoms with Gasteiger partial charge in [-0.25, -0.2) is 4.79 Å². The van der Waals surface area contributed by atoms with Crippen LogP contribution in [0.5, 0.6) is 0 Å². The van der Waals surface area contributed by atoms with E-state index in [0.29, 0.717) is 18.4 Å². The van der Waals surface area contributed by atoms with Gasteiger partial charge in [-0.2, -0.15) is 5.26 Å². The van der Waals surface area contributed by atoms with E-state index in [0.717, 1.165) is 19.3 Å². The first kappa shape index (κ1) is 20.2. The van der Waals surface area contributed by atoms with Crippen molar-refractivity contribution in [2.75, 3.05) is 6.61 Å².